The number of rotatable bonds is 2. The predicted molar refractivity (Wildman–Crippen MR) is 69.1 cm³/mol. The lowest BCUT2D eigenvalue weighted by molar-refractivity contribution is 0.0923. The lowest BCUT2D eigenvalue weighted by atomic mass is 9.96. The molecule has 0 aliphatic heterocycles. The largest absolute Gasteiger partial charge is 0.294 e. The molecule has 0 aromatic heterocycles. The molecule has 0 unspecified atom stereocenters. The Morgan fingerprint density at radius 2 is 1.62 bits per heavy atom. The molecule has 1 nitrogen and oxygen atoms in total. The third-order valence-electron chi connectivity index (χ3n) is 2.85. The molecule has 0 N–H and O–H groups in total. The van der Waals surface area contributed by atoms with E-state index >= 15 is 0 Å². The van der Waals surface area contributed by atoms with Crippen molar-refractivity contribution in [1.29, 1.82) is 0 Å². The number of halogens is 1. The second-order valence-electron chi connectivity index (χ2n) is 3.85. The third kappa shape index (κ3) is 3.34. The number of hydrogen-bond acceptors (Lipinski definition) is 1. The summed E-state index contributed by atoms with van der Waals surface area (Å²) in [5, 5.41) is 0.688. The summed E-state index contributed by atoms with van der Waals surface area (Å²) in [6, 6.07) is 7.21. The molecule has 1 aromatic carbocycles. The van der Waals surface area contributed by atoms with Gasteiger partial charge in [0.2, 0.25) is 0 Å². The number of Topliss-reactive ketones (excluding diaryl/α,β-unsaturated/α-hetero) is 1. The Labute approximate surface area is 103 Å². The van der Waals surface area contributed by atoms with E-state index < -0.39 is 0 Å². The van der Waals surface area contributed by atoms with E-state index in [1.165, 1.54) is 12.8 Å². The quantitative estimate of drug-likeness (QED) is 0.681. The molecule has 0 heterocycles. The molecule has 2 rings (SSSR count). The van der Waals surface area contributed by atoms with Gasteiger partial charge in [-0.3, -0.25) is 4.79 Å². The molecule has 1 aliphatic rings. The van der Waals surface area contributed by atoms with Crippen LogP contribution in [0.4, 0.5) is 0 Å². The van der Waals surface area contributed by atoms with Crippen LogP contribution in [0.5, 0.6) is 0 Å². The van der Waals surface area contributed by atoms with Crippen molar-refractivity contribution in [2.24, 2.45) is 5.92 Å². The molecule has 1 aromatic rings. The van der Waals surface area contributed by atoms with Crippen LogP contribution in [-0.4, -0.2) is 5.78 Å². The van der Waals surface area contributed by atoms with Gasteiger partial charge in [0.1, 0.15) is 0 Å². The van der Waals surface area contributed by atoms with E-state index in [1.807, 2.05) is 26.0 Å². The van der Waals surface area contributed by atoms with Crippen LogP contribution >= 0.6 is 11.6 Å². The van der Waals surface area contributed by atoms with Gasteiger partial charge in [0.25, 0.3) is 0 Å². The fourth-order valence-corrected chi connectivity index (χ4v) is 2.16. The van der Waals surface area contributed by atoms with Crippen molar-refractivity contribution >= 4 is 17.4 Å². The Morgan fingerprint density at radius 3 is 2.12 bits per heavy atom. The average molecular weight is 239 g/mol. The van der Waals surface area contributed by atoms with E-state index in [-0.39, 0.29) is 5.92 Å². The minimum absolute atomic E-state index is 0.260. The summed E-state index contributed by atoms with van der Waals surface area (Å²) in [5.41, 5.74) is 0.807. The summed E-state index contributed by atoms with van der Waals surface area (Å²) in [6.07, 6.45) is 4.51. The maximum atomic E-state index is 11.9. The van der Waals surface area contributed by atoms with Crippen molar-refractivity contribution in [3.05, 3.63) is 34.9 Å². The van der Waals surface area contributed by atoms with Crippen molar-refractivity contribution in [3.63, 3.8) is 0 Å². The third-order valence-corrected chi connectivity index (χ3v) is 3.11. The zero-order valence-corrected chi connectivity index (χ0v) is 10.8. The van der Waals surface area contributed by atoms with E-state index in [1.54, 1.807) is 12.1 Å². The maximum absolute atomic E-state index is 11.9. The second-order valence-corrected chi connectivity index (χ2v) is 4.29. The van der Waals surface area contributed by atoms with Crippen LogP contribution in [0.2, 0.25) is 5.02 Å². The van der Waals surface area contributed by atoms with E-state index in [0.717, 1.165) is 18.4 Å². The average Bonchev–Trinajstić information content (AvgIpc) is 2.85. The molecule has 0 radical (unpaired) electrons. The molecule has 1 saturated carbocycles. The van der Waals surface area contributed by atoms with Gasteiger partial charge >= 0.3 is 0 Å². The van der Waals surface area contributed by atoms with Crippen LogP contribution in [0.3, 0.4) is 0 Å². The topological polar surface area (TPSA) is 17.1 Å². The van der Waals surface area contributed by atoms with Crippen molar-refractivity contribution in [1.82, 2.24) is 0 Å². The Balaban J connectivity index is 0.000000606. The van der Waals surface area contributed by atoms with Crippen LogP contribution < -0.4 is 0 Å². The molecule has 0 bridgehead atoms. The first-order chi connectivity index (χ1) is 7.77. The van der Waals surface area contributed by atoms with E-state index in [0.29, 0.717) is 10.8 Å². The zero-order valence-electron chi connectivity index (χ0n) is 10.0. The summed E-state index contributed by atoms with van der Waals surface area (Å²) >= 11 is 5.76. The van der Waals surface area contributed by atoms with Crippen molar-refractivity contribution in [3.8, 4) is 0 Å². The van der Waals surface area contributed by atoms with E-state index in [2.05, 4.69) is 0 Å². The van der Waals surface area contributed by atoms with E-state index in [4.69, 9.17) is 11.6 Å². The first-order valence-electron chi connectivity index (χ1n) is 6.07. The number of carbonyl (C=O) groups excluding carboxylic acids is 1. The summed E-state index contributed by atoms with van der Waals surface area (Å²) in [6.45, 7) is 4.00. The molecule has 0 saturated heterocycles. The summed E-state index contributed by atoms with van der Waals surface area (Å²) in [7, 11) is 0. The Morgan fingerprint density at radius 1 is 1.12 bits per heavy atom. The van der Waals surface area contributed by atoms with Crippen LogP contribution in [-0.2, 0) is 0 Å². The molecule has 0 atom stereocenters. The standard InChI is InChI=1S/C12H13ClO.C2H6/c13-11-7-5-10(6-8-11)12(14)9-3-1-2-4-9;1-2/h5-9H,1-4H2;1-2H3. The summed E-state index contributed by atoms with van der Waals surface area (Å²) in [4.78, 5) is 11.9. The van der Waals surface area contributed by atoms with Gasteiger partial charge in [0.05, 0.1) is 0 Å². The van der Waals surface area contributed by atoms with Gasteiger partial charge in [0.15, 0.2) is 5.78 Å². The Hall–Kier alpha value is -0.820. The Kier molecular flexibility index (Phi) is 5.54. The summed E-state index contributed by atoms with van der Waals surface area (Å²) < 4.78 is 0. The monoisotopic (exact) mass is 238 g/mol. The minimum Gasteiger partial charge on any atom is -0.294 e. The molecule has 88 valence electrons. The zero-order chi connectivity index (χ0) is 12.0. The van der Waals surface area contributed by atoms with Gasteiger partial charge in [-0.1, -0.05) is 38.3 Å². The molecule has 2 heteroatoms. The first kappa shape index (κ1) is 13.2. The van der Waals surface area contributed by atoms with Gasteiger partial charge in [-0.05, 0) is 37.1 Å². The second kappa shape index (κ2) is 6.70. The van der Waals surface area contributed by atoms with Gasteiger partial charge in [-0.2, -0.15) is 0 Å². The van der Waals surface area contributed by atoms with Crippen LogP contribution in [0.15, 0.2) is 24.3 Å². The van der Waals surface area contributed by atoms with E-state index in [9.17, 15) is 4.79 Å². The number of hydrogen-bond donors (Lipinski definition) is 0. The highest BCUT2D eigenvalue weighted by Crippen LogP contribution is 2.28. The predicted octanol–water partition coefficient (Wildman–Crippen LogP) is 4.74. The fourth-order valence-electron chi connectivity index (χ4n) is 2.04. The molecule has 1 fully saturated rings. The molecule has 1 aliphatic carbocycles. The first-order valence-corrected chi connectivity index (χ1v) is 6.45. The highest BCUT2D eigenvalue weighted by atomic mass is 35.5. The SMILES string of the molecule is CC.O=C(c1ccc(Cl)cc1)C1CCCC1. The van der Waals surface area contributed by atoms with Crippen LogP contribution in [0.1, 0.15) is 49.9 Å². The molecule has 0 amide bonds. The fraction of sp³-hybridized carbons (Fsp3) is 0.500. The van der Waals surface area contributed by atoms with Crippen molar-refractivity contribution in [2.75, 3.05) is 0 Å². The van der Waals surface area contributed by atoms with Crippen molar-refractivity contribution in [2.45, 2.75) is 39.5 Å². The molecular weight excluding hydrogens is 220 g/mol. The number of carbonyl (C=O) groups is 1. The lowest BCUT2D eigenvalue weighted by Crippen LogP contribution is -2.10. The van der Waals surface area contributed by atoms with Gasteiger partial charge < -0.3 is 0 Å². The van der Waals surface area contributed by atoms with Crippen molar-refractivity contribution < 1.29 is 4.79 Å². The smallest absolute Gasteiger partial charge is 0.165 e. The van der Waals surface area contributed by atoms with Gasteiger partial charge in [0, 0.05) is 16.5 Å². The Bertz CT molecular complexity index is 323. The minimum atomic E-state index is 0.260. The highest BCUT2D eigenvalue weighted by Gasteiger charge is 2.23. The van der Waals surface area contributed by atoms with Crippen LogP contribution in [0.25, 0.3) is 0 Å². The number of benzene rings is 1. The normalized spacial score (nSPS) is 15.4. The molecular formula is C14H19ClO. The maximum Gasteiger partial charge on any atom is 0.165 e. The summed E-state index contributed by atoms with van der Waals surface area (Å²) in [5.74, 6) is 0.551. The highest BCUT2D eigenvalue weighted by molar-refractivity contribution is 6.30. The molecule has 16 heavy (non-hydrogen) atoms. The lowest BCUT2D eigenvalue weighted by Gasteiger charge is -2.07. The van der Waals surface area contributed by atoms with Gasteiger partial charge in [-0.15, -0.1) is 0 Å². The van der Waals surface area contributed by atoms with Crippen LogP contribution in [0, 0.1) is 5.92 Å². The number of ketones is 1. The molecule has 0 spiro atoms. The van der Waals surface area contributed by atoms with Gasteiger partial charge in [-0.25, -0.2) is 0 Å².